The van der Waals surface area contributed by atoms with Gasteiger partial charge in [-0.2, -0.15) is 4.31 Å². The van der Waals surface area contributed by atoms with Crippen molar-refractivity contribution in [2.75, 3.05) is 19.4 Å². The SMILES string of the molecule is COC(=O)CCCS(=O)(=O)N1CCCC(C)C1C(=O)O. The fourth-order valence-corrected chi connectivity index (χ4v) is 4.24. The smallest absolute Gasteiger partial charge is 0.322 e. The molecular weight excluding hydrogens is 286 g/mol. The van der Waals surface area contributed by atoms with Crippen LogP contribution in [0.15, 0.2) is 0 Å². The molecule has 0 aromatic heterocycles. The van der Waals surface area contributed by atoms with Crippen LogP contribution in [0.25, 0.3) is 0 Å². The van der Waals surface area contributed by atoms with E-state index in [-0.39, 0.29) is 31.1 Å². The Morgan fingerprint density at radius 2 is 2.05 bits per heavy atom. The van der Waals surface area contributed by atoms with Gasteiger partial charge in [-0.05, 0) is 25.2 Å². The minimum atomic E-state index is -3.67. The summed E-state index contributed by atoms with van der Waals surface area (Å²) in [4.78, 5) is 22.2. The average molecular weight is 307 g/mol. The maximum Gasteiger partial charge on any atom is 0.322 e. The maximum absolute atomic E-state index is 12.2. The summed E-state index contributed by atoms with van der Waals surface area (Å²) in [6, 6.07) is -1.01. The first kappa shape index (κ1) is 16.9. The Morgan fingerprint density at radius 3 is 2.60 bits per heavy atom. The van der Waals surface area contributed by atoms with Crippen molar-refractivity contribution in [1.29, 1.82) is 0 Å². The number of aliphatic carboxylic acids is 1. The van der Waals surface area contributed by atoms with Gasteiger partial charge in [-0.15, -0.1) is 0 Å². The Balaban J connectivity index is 2.73. The molecule has 0 radical (unpaired) electrons. The zero-order valence-corrected chi connectivity index (χ0v) is 12.6. The first-order chi connectivity index (χ1) is 9.29. The predicted octanol–water partition coefficient (Wildman–Crippen LogP) is 0.454. The molecule has 1 saturated heterocycles. The number of carbonyl (C=O) groups excluding carboxylic acids is 1. The van der Waals surface area contributed by atoms with Gasteiger partial charge in [0.25, 0.3) is 0 Å². The minimum absolute atomic E-state index is 0.0108. The molecule has 20 heavy (non-hydrogen) atoms. The van der Waals surface area contributed by atoms with E-state index in [1.807, 2.05) is 0 Å². The predicted molar refractivity (Wildman–Crippen MR) is 71.6 cm³/mol. The van der Waals surface area contributed by atoms with Crippen LogP contribution in [0.3, 0.4) is 0 Å². The molecule has 8 heteroatoms. The van der Waals surface area contributed by atoms with Gasteiger partial charge < -0.3 is 9.84 Å². The Labute approximate surface area is 118 Å². The van der Waals surface area contributed by atoms with Gasteiger partial charge in [-0.1, -0.05) is 6.92 Å². The van der Waals surface area contributed by atoms with Gasteiger partial charge in [0.2, 0.25) is 10.0 Å². The van der Waals surface area contributed by atoms with Gasteiger partial charge in [-0.3, -0.25) is 9.59 Å². The number of sulfonamides is 1. The van der Waals surface area contributed by atoms with Gasteiger partial charge in [0.05, 0.1) is 12.9 Å². The number of ether oxygens (including phenoxy) is 1. The monoisotopic (exact) mass is 307 g/mol. The molecule has 1 rings (SSSR count). The summed E-state index contributed by atoms with van der Waals surface area (Å²) in [5.41, 5.74) is 0. The van der Waals surface area contributed by atoms with E-state index in [4.69, 9.17) is 0 Å². The van der Waals surface area contributed by atoms with E-state index in [0.29, 0.717) is 12.8 Å². The molecule has 1 aliphatic rings. The zero-order chi connectivity index (χ0) is 15.3. The molecule has 2 atom stereocenters. The Morgan fingerprint density at radius 1 is 1.40 bits per heavy atom. The third-order valence-corrected chi connectivity index (χ3v) is 5.44. The van der Waals surface area contributed by atoms with Crippen molar-refractivity contribution in [3.8, 4) is 0 Å². The van der Waals surface area contributed by atoms with E-state index in [9.17, 15) is 23.1 Å². The molecule has 116 valence electrons. The minimum Gasteiger partial charge on any atom is -0.480 e. The van der Waals surface area contributed by atoms with Crippen LogP contribution >= 0.6 is 0 Å². The lowest BCUT2D eigenvalue weighted by molar-refractivity contribution is -0.144. The van der Waals surface area contributed by atoms with E-state index in [2.05, 4.69) is 4.74 Å². The normalized spacial score (nSPS) is 24.3. The first-order valence-corrected chi connectivity index (χ1v) is 8.19. The molecule has 1 heterocycles. The second-order valence-electron chi connectivity index (χ2n) is 5.01. The van der Waals surface area contributed by atoms with Crippen molar-refractivity contribution >= 4 is 22.0 Å². The first-order valence-electron chi connectivity index (χ1n) is 6.58. The standard InChI is InChI=1S/C12H21NO6S/c1-9-5-3-7-13(11(9)12(15)16)20(17,18)8-4-6-10(14)19-2/h9,11H,3-8H2,1-2H3,(H,15,16). The molecule has 2 unspecified atom stereocenters. The molecule has 1 N–H and O–H groups in total. The molecule has 0 aromatic rings. The third kappa shape index (κ3) is 4.17. The lowest BCUT2D eigenvalue weighted by atomic mass is 9.93. The quantitative estimate of drug-likeness (QED) is 0.715. The van der Waals surface area contributed by atoms with Crippen LogP contribution in [0.4, 0.5) is 0 Å². The third-order valence-electron chi connectivity index (χ3n) is 3.51. The number of methoxy groups -OCH3 is 1. The highest BCUT2D eigenvalue weighted by atomic mass is 32.2. The fourth-order valence-electron chi connectivity index (χ4n) is 2.45. The number of piperidine rings is 1. The lowest BCUT2D eigenvalue weighted by Crippen LogP contribution is -2.52. The van der Waals surface area contributed by atoms with Crippen LogP contribution in [-0.2, 0) is 24.3 Å². The highest BCUT2D eigenvalue weighted by molar-refractivity contribution is 7.89. The molecule has 0 amide bonds. The topological polar surface area (TPSA) is 101 Å². The molecule has 0 bridgehead atoms. The summed E-state index contributed by atoms with van der Waals surface area (Å²) >= 11 is 0. The highest BCUT2D eigenvalue weighted by Crippen LogP contribution is 2.26. The van der Waals surface area contributed by atoms with E-state index in [0.717, 1.165) is 4.31 Å². The molecular formula is C12H21NO6S. The highest BCUT2D eigenvalue weighted by Gasteiger charge is 2.40. The van der Waals surface area contributed by atoms with Crippen molar-refractivity contribution in [1.82, 2.24) is 4.31 Å². The van der Waals surface area contributed by atoms with Gasteiger partial charge >= 0.3 is 11.9 Å². The van der Waals surface area contributed by atoms with Crippen molar-refractivity contribution < 1.29 is 27.9 Å². The number of carboxylic acids is 1. The summed E-state index contributed by atoms with van der Waals surface area (Å²) < 4.78 is 30.0. The number of esters is 1. The number of carbonyl (C=O) groups is 2. The molecule has 0 aliphatic carbocycles. The van der Waals surface area contributed by atoms with Crippen molar-refractivity contribution in [3.63, 3.8) is 0 Å². The fraction of sp³-hybridized carbons (Fsp3) is 0.833. The van der Waals surface area contributed by atoms with Crippen molar-refractivity contribution in [2.24, 2.45) is 5.92 Å². The number of rotatable bonds is 6. The van der Waals surface area contributed by atoms with Crippen LogP contribution in [0.5, 0.6) is 0 Å². The van der Waals surface area contributed by atoms with Crippen LogP contribution in [0.2, 0.25) is 0 Å². The second kappa shape index (κ2) is 7.03. The number of hydrogen-bond donors (Lipinski definition) is 1. The number of hydrogen-bond acceptors (Lipinski definition) is 5. The van der Waals surface area contributed by atoms with Gasteiger partial charge in [0, 0.05) is 13.0 Å². The van der Waals surface area contributed by atoms with Crippen LogP contribution in [-0.4, -0.2) is 55.2 Å². The molecule has 0 spiro atoms. The maximum atomic E-state index is 12.2. The summed E-state index contributed by atoms with van der Waals surface area (Å²) in [5, 5.41) is 9.21. The molecule has 0 aromatic carbocycles. The summed E-state index contributed by atoms with van der Waals surface area (Å²) in [6.45, 7) is 1.97. The van der Waals surface area contributed by atoms with Crippen LogP contribution < -0.4 is 0 Å². The Bertz CT molecular complexity index is 461. The van der Waals surface area contributed by atoms with E-state index < -0.39 is 28.0 Å². The zero-order valence-electron chi connectivity index (χ0n) is 11.7. The van der Waals surface area contributed by atoms with Crippen LogP contribution in [0.1, 0.15) is 32.6 Å². The Hall–Kier alpha value is -1.15. The summed E-state index contributed by atoms with van der Waals surface area (Å²) in [5.74, 6) is -2.04. The Kier molecular flexibility index (Phi) is 5.94. The summed E-state index contributed by atoms with van der Waals surface area (Å²) in [7, 11) is -2.43. The van der Waals surface area contributed by atoms with Gasteiger partial charge in [0.1, 0.15) is 6.04 Å². The average Bonchev–Trinajstić information content (AvgIpc) is 2.37. The van der Waals surface area contributed by atoms with Gasteiger partial charge in [0.15, 0.2) is 0 Å². The largest absolute Gasteiger partial charge is 0.480 e. The summed E-state index contributed by atoms with van der Waals surface area (Å²) in [6.07, 6.45) is 1.50. The van der Waals surface area contributed by atoms with Gasteiger partial charge in [-0.25, -0.2) is 8.42 Å². The van der Waals surface area contributed by atoms with E-state index in [1.165, 1.54) is 7.11 Å². The van der Waals surface area contributed by atoms with Crippen molar-refractivity contribution in [2.45, 2.75) is 38.6 Å². The molecule has 0 saturated carbocycles. The molecule has 1 aliphatic heterocycles. The van der Waals surface area contributed by atoms with Crippen molar-refractivity contribution in [3.05, 3.63) is 0 Å². The van der Waals surface area contributed by atoms with Crippen LogP contribution in [0, 0.1) is 5.92 Å². The molecule has 7 nitrogen and oxygen atoms in total. The van der Waals surface area contributed by atoms with E-state index in [1.54, 1.807) is 6.92 Å². The number of carboxylic acid groups (broad SMARTS) is 1. The van der Waals surface area contributed by atoms with E-state index >= 15 is 0 Å². The second-order valence-corrected chi connectivity index (χ2v) is 7.05. The lowest BCUT2D eigenvalue weighted by Gasteiger charge is -2.36. The molecule has 1 fully saturated rings. The number of nitrogens with zero attached hydrogens (tertiary/aromatic N) is 1.